The lowest BCUT2D eigenvalue weighted by molar-refractivity contribution is -0.142. The van der Waals surface area contributed by atoms with Gasteiger partial charge in [-0.2, -0.15) is 0 Å². The van der Waals surface area contributed by atoms with Crippen molar-refractivity contribution < 1.29 is 29.0 Å². The molecule has 0 rings (SSSR count). The minimum Gasteiger partial charge on any atom is -0.480 e. The molecule has 0 aromatic rings. The van der Waals surface area contributed by atoms with Crippen LogP contribution < -0.4 is 16.0 Å². The first-order valence-corrected chi connectivity index (χ1v) is 11.3. The van der Waals surface area contributed by atoms with Gasteiger partial charge >= 0.3 is 12.1 Å². The number of ether oxygens (including phenoxy) is 1. The minimum atomic E-state index is -1.12. The van der Waals surface area contributed by atoms with E-state index in [9.17, 15) is 24.3 Å². The van der Waals surface area contributed by atoms with Crippen molar-refractivity contribution in [2.24, 2.45) is 17.8 Å². The second-order valence-corrected chi connectivity index (χ2v) is 10.5. The van der Waals surface area contributed by atoms with Crippen LogP contribution in [0.3, 0.4) is 0 Å². The van der Waals surface area contributed by atoms with Gasteiger partial charge in [0.05, 0.1) is 0 Å². The lowest BCUT2D eigenvalue weighted by Crippen LogP contribution is -2.56. The van der Waals surface area contributed by atoms with Gasteiger partial charge in [0.2, 0.25) is 11.8 Å². The Morgan fingerprint density at radius 3 is 1.38 bits per heavy atom. The van der Waals surface area contributed by atoms with Crippen LogP contribution in [-0.4, -0.2) is 52.7 Å². The molecule has 32 heavy (non-hydrogen) atoms. The molecule has 0 bridgehead atoms. The third kappa shape index (κ3) is 13.2. The number of aliphatic carboxylic acids is 1. The van der Waals surface area contributed by atoms with Crippen molar-refractivity contribution >= 4 is 23.9 Å². The molecule has 0 fully saturated rings. The molecule has 9 nitrogen and oxygen atoms in total. The number of rotatable bonds is 12. The van der Waals surface area contributed by atoms with E-state index in [1.807, 2.05) is 41.5 Å². The number of hydrogen-bond donors (Lipinski definition) is 4. The molecule has 0 heterocycles. The topological polar surface area (TPSA) is 134 Å². The van der Waals surface area contributed by atoms with Crippen LogP contribution in [0.5, 0.6) is 0 Å². The van der Waals surface area contributed by atoms with Crippen LogP contribution in [-0.2, 0) is 19.1 Å². The van der Waals surface area contributed by atoms with E-state index in [2.05, 4.69) is 16.0 Å². The molecule has 0 radical (unpaired) electrons. The summed E-state index contributed by atoms with van der Waals surface area (Å²) in [5.41, 5.74) is -0.717. The quantitative estimate of drug-likeness (QED) is 0.356. The van der Waals surface area contributed by atoms with Gasteiger partial charge in [0.15, 0.2) is 0 Å². The van der Waals surface area contributed by atoms with Crippen LogP contribution in [0.1, 0.15) is 81.6 Å². The maximum atomic E-state index is 13.0. The van der Waals surface area contributed by atoms with E-state index in [1.165, 1.54) is 0 Å². The zero-order chi connectivity index (χ0) is 25.2. The zero-order valence-electron chi connectivity index (χ0n) is 21.1. The number of carboxylic acids is 1. The predicted molar refractivity (Wildman–Crippen MR) is 123 cm³/mol. The Labute approximate surface area is 192 Å². The molecule has 0 aliphatic heterocycles. The van der Waals surface area contributed by atoms with E-state index >= 15 is 0 Å². The molecule has 186 valence electrons. The van der Waals surface area contributed by atoms with E-state index in [0.29, 0.717) is 12.8 Å². The SMILES string of the molecule is CC(C)C[C@@H](NC(=O)[C@@H](CC(C)C)NC(=O)[C@@H](CC(C)C)NC(=O)OC(C)(C)C)C(=O)O. The van der Waals surface area contributed by atoms with Crippen LogP contribution in [0.2, 0.25) is 0 Å². The van der Waals surface area contributed by atoms with Crippen molar-refractivity contribution in [3.8, 4) is 0 Å². The molecule has 0 spiro atoms. The van der Waals surface area contributed by atoms with Gasteiger partial charge in [-0.25, -0.2) is 9.59 Å². The van der Waals surface area contributed by atoms with Crippen molar-refractivity contribution in [1.82, 2.24) is 16.0 Å². The average molecular weight is 458 g/mol. The smallest absolute Gasteiger partial charge is 0.408 e. The van der Waals surface area contributed by atoms with Crippen molar-refractivity contribution in [1.29, 1.82) is 0 Å². The standard InChI is InChI=1S/C23H43N3O6/c1-13(2)10-16(19(27)25-18(21(29)30)12-15(5)6)24-20(28)17(11-14(3)4)26-22(31)32-23(7,8)9/h13-18H,10-12H2,1-9H3,(H,24,28)(H,25,27)(H,26,31)(H,29,30)/t16-,17-,18-/m1/s1. The van der Waals surface area contributed by atoms with Gasteiger partial charge in [0.25, 0.3) is 0 Å². The fourth-order valence-electron chi connectivity index (χ4n) is 3.09. The van der Waals surface area contributed by atoms with E-state index in [-0.39, 0.29) is 24.2 Å². The number of amides is 3. The first kappa shape index (κ1) is 29.7. The van der Waals surface area contributed by atoms with Gasteiger partial charge in [0, 0.05) is 0 Å². The van der Waals surface area contributed by atoms with Crippen LogP contribution in [0.4, 0.5) is 4.79 Å². The summed E-state index contributed by atoms with van der Waals surface area (Å²) < 4.78 is 5.26. The summed E-state index contributed by atoms with van der Waals surface area (Å²) >= 11 is 0. The fraction of sp³-hybridized carbons (Fsp3) is 0.826. The molecule has 4 N–H and O–H groups in total. The molecule has 0 saturated carbocycles. The third-order valence-corrected chi connectivity index (χ3v) is 4.38. The normalized spacial score (nSPS) is 14.6. The summed E-state index contributed by atoms with van der Waals surface area (Å²) in [4.78, 5) is 49.6. The Kier molecular flexibility index (Phi) is 12.3. The maximum absolute atomic E-state index is 13.0. The summed E-state index contributed by atoms with van der Waals surface area (Å²) in [6, 6.07) is -2.86. The summed E-state index contributed by atoms with van der Waals surface area (Å²) in [6.45, 7) is 16.6. The largest absolute Gasteiger partial charge is 0.480 e. The minimum absolute atomic E-state index is 0.0711. The van der Waals surface area contributed by atoms with E-state index in [4.69, 9.17) is 4.74 Å². The Bertz CT molecular complexity index is 640. The Balaban J connectivity index is 5.47. The lowest BCUT2D eigenvalue weighted by Gasteiger charge is -2.27. The second-order valence-electron chi connectivity index (χ2n) is 10.5. The molecule has 0 aromatic heterocycles. The highest BCUT2D eigenvalue weighted by atomic mass is 16.6. The molecule has 3 amide bonds. The van der Waals surface area contributed by atoms with E-state index in [0.717, 1.165) is 0 Å². The van der Waals surface area contributed by atoms with Crippen LogP contribution >= 0.6 is 0 Å². The van der Waals surface area contributed by atoms with Gasteiger partial charge in [-0.3, -0.25) is 9.59 Å². The van der Waals surface area contributed by atoms with Crippen molar-refractivity contribution in [3.63, 3.8) is 0 Å². The Morgan fingerprint density at radius 1 is 0.688 bits per heavy atom. The van der Waals surface area contributed by atoms with E-state index in [1.54, 1.807) is 20.8 Å². The zero-order valence-corrected chi connectivity index (χ0v) is 21.1. The molecule has 0 aliphatic rings. The van der Waals surface area contributed by atoms with Gasteiger partial charge in [-0.05, 0) is 57.8 Å². The third-order valence-electron chi connectivity index (χ3n) is 4.38. The highest BCUT2D eigenvalue weighted by Gasteiger charge is 2.31. The number of carboxylic acid groups (broad SMARTS) is 1. The van der Waals surface area contributed by atoms with Gasteiger partial charge in [0.1, 0.15) is 23.7 Å². The first-order chi connectivity index (χ1) is 14.5. The van der Waals surface area contributed by atoms with Crippen LogP contribution in [0.15, 0.2) is 0 Å². The highest BCUT2D eigenvalue weighted by Crippen LogP contribution is 2.12. The summed E-state index contributed by atoms with van der Waals surface area (Å²) in [7, 11) is 0. The monoisotopic (exact) mass is 457 g/mol. The second kappa shape index (κ2) is 13.3. The first-order valence-electron chi connectivity index (χ1n) is 11.3. The molecule has 3 atom stereocenters. The summed E-state index contributed by atoms with van der Waals surface area (Å²) in [6.07, 6.45) is 0.240. The molecule has 0 aromatic carbocycles. The molecule has 0 unspecified atom stereocenters. The molecule has 0 aliphatic carbocycles. The number of hydrogen-bond acceptors (Lipinski definition) is 5. The van der Waals surface area contributed by atoms with Crippen LogP contribution in [0, 0.1) is 17.8 Å². The van der Waals surface area contributed by atoms with Crippen molar-refractivity contribution in [3.05, 3.63) is 0 Å². The highest BCUT2D eigenvalue weighted by molar-refractivity contribution is 5.92. The van der Waals surface area contributed by atoms with E-state index < -0.39 is 47.6 Å². The number of nitrogens with one attached hydrogen (secondary N) is 3. The Morgan fingerprint density at radius 2 is 1.03 bits per heavy atom. The van der Waals surface area contributed by atoms with Gasteiger partial charge in [-0.1, -0.05) is 41.5 Å². The number of alkyl carbamates (subject to hydrolysis) is 1. The molecular weight excluding hydrogens is 414 g/mol. The van der Waals surface area contributed by atoms with Crippen molar-refractivity contribution in [2.45, 2.75) is 105 Å². The Hall–Kier alpha value is -2.32. The summed E-state index contributed by atoms with van der Waals surface area (Å²) in [5.74, 6) is -1.95. The molecule has 9 heteroatoms. The van der Waals surface area contributed by atoms with Crippen LogP contribution in [0.25, 0.3) is 0 Å². The predicted octanol–water partition coefficient (Wildman–Crippen LogP) is 3.07. The fourth-order valence-corrected chi connectivity index (χ4v) is 3.09. The van der Waals surface area contributed by atoms with Gasteiger partial charge in [-0.15, -0.1) is 0 Å². The lowest BCUT2D eigenvalue weighted by atomic mass is 9.99. The maximum Gasteiger partial charge on any atom is 0.408 e. The average Bonchev–Trinajstić information content (AvgIpc) is 2.56. The number of carbonyl (C=O) groups is 4. The number of carbonyl (C=O) groups excluding carboxylic acids is 3. The van der Waals surface area contributed by atoms with Gasteiger partial charge < -0.3 is 25.8 Å². The molecular formula is C23H43N3O6. The molecule has 0 saturated heterocycles. The van der Waals surface area contributed by atoms with Crippen molar-refractivity contribution in [2.75, 3.05) is 0 Å². The summed E-state index contributed by atoms with van der Waals surface area (Å²) in [5, 5.41) is 17.3.